The third-order valence-corrected chi connectivity index (χ3v) is 1.78. The molecular weight excluding hydrogens is 195 g/mol. The van der Waals surface area contributed by atoms with Crippen LogP contribution in [0.5, 0.6) is 0 Å². The van der Waals surface area contributed by atoms with Crippen molar-refractivity contribution >= 4 is 23.1 Å². The zero-order chi connectivity index (χ0) is 10.0. The summed E-state index contributed by atoms with van der Waals surface area (Å²) in [5.74, 6) is -1.19. The molecule has 0 fully saturated rings. The molecule has 0 heterocycles. The lowest BCUT2D eigenvalue weighted by atomic mass is 10.2. The minimum atomic E-state index is -0.708. The molecular formula is C7H6ClFN4. The minimum Gasteiger partial charge on any atom is -0.398 e. The average Bonchev–Trinajstić information content (AvgIpc) is 2.10. The molecule has 13 heavy (non-hydrogen) atoms. The van der Waals surface area contributed by atoms with Gasteiger partial charge in [-0.05, 0) is 12.1 Å². The Bertz CT molecular complexity index is 377. The number of rotatable bonds is 1. The monoisotopic (exact) mass is 200 g/mol. The molecule has 0 spiro atoms. The van der Waals surface area contributed by atoms with Crippen LogP contribution in [0.1, 0.15) is 5.56 Å². The van der Waals surface area contributed by atoms with Crippen molar-refractivity contribution in [2.24, 2.45) is 5.11 Å². The van der Waals surface area contributed by atoms with Gasteiger partial charge in [-0.15, -0.1) is 5.11 Å². The van der Waals surface area contributed by atoms with Crippen molar-refractivity contribution in [2.75, 3.05) is 5.73 Å². The molecule has 4 nitrogen and oxygen atoms in total. The van der Waals surface area contributed by atoms with Gasteiger partial charge in [0.25, 0.3) is 0 Å². The van der Waals surface area contributed by atoms with Crippen LogP contribution in [0.25, 0.3) is 0 Å². The van der Waals surface area contributed by atoms with Crippen molar-refractivity contribution in [3.63, 3.8) is 0 Å². The Morgan fingerprint density at radius 1 is 1.54 bits per heavy atom. The second-order valence-corrected chi connectivity index (χ2v) is 2.72. The first-order chi connectivity index (χ1) is 6.06. The van der Waals surface area contributed by atoms with E-state index in [9.17, 15) is 4.39 Å². The van der Waals surface area contributed by atoms with Crippen LogP contribution in [0.15, 0.2) is 17.2 Å². The summed E-state index contributed by atoms with van der Waals surface area (Å²) in [6, 6.07) is 2.17. The summed E-state index contributed by atoms with van der Waals surface area (Å²) in [7, 11) is 0. The molecule has 0 atom stereocenters. The van der Waals surface area contributed by atoms with Gasteiger partial charge in [0.05, 0.1) is 16.3 Å². The lowest BCUT2D eigenvalue weighted by molar-refractivity contribution is 0.625. The number of benzene rings is 1. The van der Waals surface area contributed by atoms with E-state index in [1.54, 1.807) is 0 Å². The molecule has 0 aliphatic heterocycles. The number of hydrogen-bond donors (Lipinski definition) is 3. The zero-order valence-corrected chi connectivity index (χ0v) is 7.19. The number of halogens is 2. The molecule has 0 amide bonds. The predicted molar refractivity (Wildman–Crippen MR) is 47.8 cm³/mol. The molecule has 0 aliphatic rings. The first kappa shape index (κ1) is 9.60. The first-order valence-electron chi connectivity index (χ1n) is 3.27. The molecule has 0 aliphatic carbocycles. The second kappa shape index (κ2) is 3.49. The van der Waals surface area contributed by atoms with Gasteiger partial charge in [0.2, 0.25) is 0 Å². The van der Waals surface area contributed by atoms with Crippen LogP contribution >= 0.6 is 11.6 Å². The second-order valence-electron chi connectivity index (χ2n) is 2.31. The van der Waals surface area contributed by atoms with Crippen molar-refractivity contribution in [3.8, 4) is 0 Å². The molecule has 0 saturated heterocycles. The number of hydrogen-bond acceptors (Lipinski definition) is 3. The molecule has 1 aromatic rings. The lowest BCUT2D eigenvalue weighted by Gasteiger charge is -2.02. The van der Waals surface area contributed by atoms with Crippen molar-refractivity contribution < 1.29 is 4.39 Å². The zero-order valence-electron chi connectivity index (χ0n) is 6.44. The Kier molecular flexibility index (Phi) is 2.57. The van der Waals surface area contributed by atoms with Crippen molar-refractivity contribution in [2.45, 2.75) is 0 Å². The quantitative estimate of drug-likeness (QED) is 0.277. The number of nitrogens with two attached hydrogens (primary N) is 1. The normalized spacial score (nSPS) is 9.69. The molecule has 1 aromatic carbocycles. The number of nitrogen functional groups attached to an aromatic ring is 1. The van der Waals surface area contributed by atoms with Gasteiger partial charge >= 0.3 is 0 Å². The van der Waals surface area contributed by atoms with E-state index < -0.39 is 11.7 Å². The summed E-state index contributed by atoms with van der Waals surface area (Å²) >= 11 is 5.52. The van der Waals surface area contributed by atoms with Gasteiger partial charge in [-0.1, -0.05) is 11.6 Å². The Hall–Kier alpha value is -1.49. The fraction of sp³-hybridized carbons (Fsp3) is 0. The van der Waals surface area contributed by atoms with Gasteiger partial charge < -0.3 is 5.73 Å². The van der Waals surface area contributed by atoms with Crippen LogP contribution in [-0.2, 0) is 0 Å². The average molecular weight is 201 g/mol. The molecule has 6 heteroatoms. The van der Waals surface area contributed by atoms with Gasteiger partial charge in [-0.25, -0.2) is 9.92 Å². The van der Waals surface area contributed by atoms with E-state index in [0.29, 0.717) is 0 Å². The van der Waals surface area contributed by atoms with Crippen molar-refractivity contribution in [1.82, 2.24) is 0 Å². The van der Waals surface area contributed by atoms with E-state index in [2.05, 4.69) is 5.11 Å². The van der Waals surface area contributed by atoms with Crippen LogP contribution in [0, 0.1) is 16.8 Å². The Balaban J connectivity index is 3.31. The summed E-state index contributed by atoms with van der Waals surface area (Å²) in [6.07, 6.45) is 0. The molecule has 0 bridgehead atoms. The topological polar surface area (TPSA) is 86.1 Å². The van der Waals surface area contributed by atoms with Crippen LogP contribution in [0.4, 0.5) is 10.1 Å². The maximum Gasteiger partial charge on any atom is 0.176 e. The van der Waals surface area contributed by atoms with Gasteiger partial charge in [-0.3, -0.25) is 5.41 Å². The smallest absolute Gasteiger partial charge is 0.176 e. The summed E-state index contributed by atoms with van der Waals surface area (Å²) < 4.78 is 13.0. The predicted octanol–water partition coefficient (Wildman–Crippen LogP) is 2.42. The fourth-order valence-corrected chi connectivity index (χ4v) is 0.958. The molecule has 0 saturated carbocycles. The van der Waals surface area contributed by atoms with Crippen LogP contribution in [0.3, 0.4) is 0 Å². The summed E-state index contributed by atoms with van der Waals surface area (Å²) in [6.45, 7) is 0. The highest BCUT2D eigenvalue weighted by atomic mass is 35.5. The summed E-state index contributed by atoms with van der Waals surface area (Å²) in [4.78, 5) is 0. The third kappa shape index (κ3) is 1.81. The van der Waals surface area contributed by atoms with Crippen LogP contribution < -0.4 is 5.73 Å². The summed E-state index contributed by atoms with van der Waals surface area (Å²) in [5.41, 5.74) is 11.9. The van der Waals surface area contributed by atoms with E-state index in [1.165, 1.54) is 6.07 Å². The van der Waals surface area contributed by atoms with Gasteiger partial charge in [0.1, 0.15) is 5.82 Å². The SMILES string of the molecule is N=NC(=N)c1cc(N)c(Cl)cc1F. The Morgan fingerprint density at radius 3 is 2.69 bits per heavy atom. The number of amidine groups is 1. The Labute approximate surface area is 78.5 Å². The Morgan fingerprint density at radius 2 is 2.15 bits per heavy atom. The molecule has 0 aromatic heterocycles. The maximum atomic E-state index is 13.0. The molecule has 0 radical (unpaired) electrons. The van der Waals surface area contributed by atoms with Crippen molar-refractivity contribution in [3.05, 3.63) is 28.5 Å². The van der Waals surface area contributed by atoms with Gasteiger partial charge in [-0.2, -0.15) is 0 Å². The highest BCUT2D eigenvalue weighted by molar-refractivity contribution is 6.33. The highest BCUT2D eigenvalue weighted by Crippen LogP contribution is 2.22. The van der Waals surface area contributed by atoms with Crippen LogP contribution in [-0.4, -0.2) is 5.84 Å². The minimum absolute atomic E-state index is 0.0824. The molecule has 0 unspecified atom stereocenters. The fourth-order valence-electron chi connectivity index (χ4n) is 0.807. The number of nitrogens with zero attached hydrogens (tertiary/aromatic N) is 1. The lowest BCUT2D eigenvalue weighted by Crippen LogP contribution is -2.00. The van der Waals surface area contributed by atoms with E-state index in [1.807, 2.05) is 0 Å². The largest absolute Gasteiger partial charge is 0.398 e. The molecule has 4 N–H and O–H groups in total. The van der Waals surface area contributed by atoms with Crippen molar-refractivity contribution in [1.29, 1.82) is 10.9 Å². The number of nitrogens with one attached hydrogen (secondary N) is 2. The first-order valence-corrected chi connectivity index (χ1v) is 3.65. The molecule has 68 valence electrons. The van der Waals surface area contributed by atoms with E-state index in [-0.39, 0.29) is 16.3 Å². The van der Waals surface area contributed by atoms with E-state index in [4.69, 9.17) is 28.3 Å². The number of anilines is 1. The maximum absolute atomic E-state index is 13.0. The van der Waals surface area contributed by atoms with Gasteiger partial charge in [0.15, 0.2) is 5.84 Å². The van der Waals surface area contributed by atoms with Crippen LogP contribution in [0.2, 0.25) is 5.02 Å². The third-order valence-electron chi connectivity index (χ3n) is 1.45. The molecule has 1 rings (SSSR count). The van der Waals surface area contributed by atoms with E-state index in [0.717, 1.165) is 6.07 Å². The highest BCUT2D eigenvalue weighted by Gasteiger charge is 2.10. The summed E-state index contributed by atoms with van der Waals surface area (Å²) in [5, 5.41) is 9.96. The standard InChI is InChI=1S/C7H6ClFN4/c8-4-2-5(9)3(1-6(4)10)7(11)13-12/h1-2,11-12H,10H2. The van der Waals surface area contributed by atoms with E-state index >= 15 is 0 Å². The van der Waals surface area contributed by atoms with Gasteiger partial charge in [0, 0.05) is 0 Å².